The third kappa shape index (κ3) is 3.52. The molecule has 0 aliphatic carbocycles. The van der Waals surface area contributed by atoms with Crippen molar-refractivity contribution in [2.45, 2.75) is 39.2 Å². The van der Waals surface area contributed by atoms with Gasteiger partial charge < -0.3 is 10.2 Å². The van der Waals surface area contributed by atoms with Crippen LogP contribution in [0.2, 0.25) is 0 Å². The zero-order chi connectivity index (χ0) is 14.8. The predicted molar refractivity (Wildman–Crippen MR) is 79.2 cm³/mol. The second-order valence-electron chi connectivity index (χ2n) is 6.15. The van der Waals surface area contributed by atoms with Crippen LogP contribution in [0.5, 0.6) is 0 Å². The van der Waals surface area contributed by atoms with Crippen LogP contribution in [0.25, 0.3) is 0 Å². The highest BCUT2D eigenvalue weighted by Crippen LogP contribution is 2.24. The quantitative estimate of drug-likeness (QED) is 0.783. The van der Waals surface area contributed by atoms with Crippen LogP contribution in [-0.2, 0) is 14.6 Å². The summed E-state index contributed by atoms with van der Waals surface area (Å²) in [7, 11) is -2.94. The molecule has 0 saturated carbocycles. The number of unbranched alkanes of at least 4 members (excludes halogenated alkanes) is 1. The van der Waals surface area contributed by atoms with Gasteiger partial charge in [0.2, 0.25) is 5.91 Å². The minimum atomic E-state index is -2.94. The number of rotatable bonds is 6. The smallest absolute Gasteiger partial charge is 0.226 e. The molecule has 2 aliphatic rings. The average molecular weight is 302 g/mol. The fourth-order valence-corrected chi connectivity index (χ4v) is 4.68. The van der Waals surface area contributed by atoms with Crippen molar-refractivity contribution in [1.82, 2.24) is 10.2 Å². The Bertz CT molecular complexity index is 445. The molecule has 0 spiro atoms. The number of amides is 1. The zero-order valence-corrected chi connectivity index (χ0v) is 13.3. The molecule has 2 aliphatic heterocycles. The van der Waals surface area contributed by atoms with Crippen molar-refractivity contribution >= 4 is 15.7 Å². The summed E-state index contributed by atoms with van der Waals surface area (Å²) in [6, 6.07) is -0.102. The van der Waals surface area contributed by atoms with Crippen LogP contribution in [0.3, 0.4) is 0 Å². The first-order chi connectivity index (χ1) is 9.44. The molecule has 2 heterocycles. The Labute approximate surface area is 122 Å². The molecule has 0 radical (unpaired) electrons. The third-order valence-electron chi connectivity index (χ3n) is 4.59. The lowest BCUT2D eigenvalue weighted by Crippen LogP contribution is -2.52. The molecule has 0 aromatic carbocycles. The summed E-state index contributed by atoms with van der Waals surface area (Å²) in [5.74, 6) is 0.929. The molecule has 0 aromatic rings. The topological polar surface area (TPSA) is 66.5 Å². The number of carbonyl (C=O) groups is 1. The van der Waals surface area contributed by atoms with E-state index in [2.05, 4.69) is 12.2 Å². The molecule has 2 rings (SSSR count). The van der Waals surface area contributed by atoms with Crippen molar-refractivity contribution in [2.24, 2.45) is 11.8 Å². The van der Waals surface area contributed by atoms with Crippen LogP contribution >= 0.6 is 0 Å². The molecule has 1 amide bonds. The van der Waals surface area contributed by atoms with Gasteiger partial charge in [0.15, 0.2) is 9.84 Å². The Balaban J connectivity index is 2.04. The van der Waals surface area contributed by atoms with Crippen molar-refractivity contribution in [3.05, 3.63) is 0 Å². The van der Waals surface area contributed by atoms with Gasteiger partial charge in [-0.1, -0.05) is 20.3 Å². The fraction of sp³-hybridized carbons (Fsp3) is 0.929. The summed E-state index contributed by atoms with van der Waals surface area (Å²) in [6.45, 7) is 6.57. The van der Waals surface area contributed by atoms with Gasteiger partial charge in [0, 0.05) is 18.5 Å². The highest BCUT2D eigenvalue weighted by molar-refractivity contribution is 7.91. The van der Waals surface area contributed by atoms with E-state index in [1.807, 2.05) is 11.8 Å². The van der Waals surface area contributed by atoms with Crippen LogP contribution in [0, 0.1) is 11.8 Å². The highest BCUT2D eigenvalue weighted by Gasteiger charge is 2.38. The SMILES string of the molecule is CCCCN(C(=O)C(C)C1CNC1)C1CCS(=O)(=O)C1. The Morgan fingerprint density at radius 3 is 2.55 bits per heavy atom. The number of hydrogen-bond donors (Lipinski definition) is 1. The van der Waals surface area contributed by atoms with E-state index in [0.717, 1.165) is 25.9 Å². The monoisotopic (exact) mass is 302 g/mol. The Hall–Kier alpha value is -0.620. The average Bonchev–Trinajstić information content (AvgIpc) is 2.67. The lowest BCUT2D eigenvalue weighted by Gasteiger charge is -2.37. The van der Waals surface area contributed by atoms with Crippen LogP contribution in [-0.4, -0.2) is 56.4 Å². The van der Waals surface area contributed by atoms with Crippen molar-refractivity contribution < 1.29 is 13.2 Å². The Morgan fingerprint density at radius 2 is 2.10 bits per heavy atom. The van der Waals surface area contributed by atoms with Crippen molar-refractivity contribution in [3.63, 3.8) is 0 Å². The van der Waals surface area contributed by atoms with E-state index >= 15 is 0 Å². The molecule has 2 atom stereocenters. The molecule has 5 nitrogen and oxygen atoms in total. The van der Waals surface area contributed by atoms with Crippen molar-refractivity contribution in [2.75, 3.05) is 31.1 Å². The Kier molecular flexibility index (Phi) is 5.07. The number of carbonyl (C=O) groups excluding carboxylic acids is 1. The lowest BCUT2D eigenvalue weighted by atomic mass is 9.87. The molecule has 2 unspecified atom stereocenters. The fourth-order valence-electron chi connectivity index (χ4n) is 2.95. The molecule has 116 valence electrons. The van der Waals surface area contributed by atoms with Crippen molar-refractivity contribution in [1.29, 1.82) is 0 Å². The van der Waals surface area contributed by atoms with E-state index in [0.29, 0.717) is 18.9 Å². The van der Waals surface area contributed by atoms with E-state index in [-0.39, 0.29) is 29.4 Å². The number of nitrogens with one attached hydrogen (secondary N) is 1. The van der Waals surface area contributed by atoms with Crippen LogP contribution in [0.15, 0.2) is 0 Å². The van der Waals surface area contributed by atoms with Crippen molar-refractivity contribution in [3.8, 4) is 0 Å². The van der Waals surface area contributed by atoms with E-state index < -0.39 is 9.84 Å². The van der Waals surface area contributed by atoms with Gasteiger partial charge in [-0.2, -0.15) is 0 Å². The first-order valence-corrected chi connectivity index (χ1v) is 9.48. The van der Waals surface area contributed by atoms with E-state index in [9.17, 15) is 13.2 Å². The Morgan fingerprint density at radius 1 is 1.40 bits per heavy atom. The van der Waals surface area contributed by atoms with Gasteiger partial charge in [-0.15, -0.1) is 0 Å². The second-order valence-corrected chi connectivity index (χ2v) is 8.38. The third-order valence-corrected chi connectivity index (χ3v) is 6.34. The maximum atomic E-state index is 12.7. The number of hydrogen-bond acceptors (Lipinski definition) is 4. The normalized spacial score (nSPS) is 27.0. The summed E-state index contributed by atoms with van der Waals surface area (Å²) in [4.78, 5) is 14.5. The summed E-state index contributed by atoms with van der Waals surface area (Å²) in [6.07, 6.45) is 2.56. The number of nitrogens with zero attached hydrogens (tertiary/aromatic N) is 1. The minimum absolute atomic E-state index is 0.00332. The second kappa shape index (κ2) is 6.43. The van der Waals surface area contributed by atoms with E-state index in [1.165, 1.54) is 0 Å². The van der Waals surface area contributed by atoms with Gasteiger partial charge in [0.05, 0.1) is 11.5 Å². The minimum Gasteiger partial charge on any atom is -0.338 e. The maximum Gasteiger partial charge on any atom is 0.226 e. The molecular formula is C14H26N2O3S. The predicted octanol–water partition coefficient (Wildman–Crippen LogP) is 0.658. The molecule has 2 fully saturated rings. The molecule has 2 saturated heterocycles. The van der Waals surface area contributed by atoms with Gasteiger partial charge in [-0.25, -0.2) is 8.42 Å². The van der Waals surface area contributed by atoms with Gasteiger partial charge in [0.25, 0.3) is 0 Å². The first-order valence-electron chi connectivity index (χ1n) is 7.66. The summed E-state index contributed by atoms with van der Waals surface area (Å²) in [5.41, 5.74) is 0. The molecule has 20 heavy (non-hydrogen) atoms. The van der Waals surface area contributed by atoms with Crippen LogP contribution < -0.4 is 5.32 Å². The molecular weight excluding hydrogens is 276 g/mol. The number of sulfone groups is 1. The maximum absolute atomic E-state index is 12.7. The molecule has 6 heteroatoms. The summed E-state index contributed by atoms with van der Waals surface area (Å²) >= 11 is 0. The summed E-state index contributed by atoms with van der Waals surface area (Å²) < 4.78 is 23.3. The van der Waals surface area contributed by atoms with Gasteiger partial charge in [0.1, 0.15) is 0 Å². The van der Waals surface area contributed by atoms with Gasteiger partial charge in [-0.05, 0) is 31.8 Å². The molecule has 1 N–H and O–H groups in total. The largest absolute Gasteiger partial charge is 0.338 e. The van der Waals surface area contributed by atoms with E-state index in [4.69, 9.17) is 0 Å². The van der Waals surface area contributed by atoms with Gasteiger partial charge in [-0.3, -0.25) is 4.79 Å². The van der Waals surface area contributed by atoms with Gasteiger partial charge >= 0.3 is 0 Å². The van der Waals surface area contributed by atoms with Crippen LogP contribution in [0.4, 0.5) is 0 Å². The zero-order valence-electron chi connectivity index (χ0n) is 12.5. The standard InChI is InChI=1S/C14H26N2O3S/c1-3-4-6-16(13-5-7-20(18,19)10-13)14(17)11(2)12-8-15-9-12/h11-13,15H,3-10H2,1-2H3. The summed E-state index contributed by atoms with van der Waals surface area (Å²) in [5, 5.41) is 3.20. The lowest BCUT2D eigenvalue weighted by molar-refractivity contribution is -0.139. The highest BCUT2D eigenvalue weighted by atomic mass is 32.2. The van der Waals surface area contributed by atoms with E-state index in [1.54, 1.807) is 0 Å². The molecule has 0 bridgehead atoms. The first kappa shape index (κ1) is 15.8. The van der Waals surface area contributed by atoms with Crippen LogP contribution in [0.1, 0.15) is 33.1 Å². The molecule has 0 aromatic heterocycles.